The lowest BCUT2D eigenvalue weighted by Gasteiger charge is -2.29. The highest BCUT2D eigenvalue weighted by Gasteiger charge is 2.29. The molecule has 1 heterocycles. The molecular formula is C15H24N4OS. The highest BCUT2D eigenvalue weighted by molar-refractivity contribution is 7.11. The van der Waals surface area contributed by atoms with Gasteiger partial charge in [-0.3, -0.25) is 4.79 Å². The lowest BCUT2D eigenvalue weighted by Crippen LogP contribution is -2.30. The molecule has 3 rings (SSSR count). The normalized spacial score (nSPS) is 25.6. The Morgan fingerprint density at radius 2 is 2.14 bits per heavy atom. The van der Waals surface area contributed by atoms with E-state index in [1.165, 1.54) is 37.2 Å². The number of hydrogen-bond donors (Lipinski definition) is 3. The minimum atomic E-state index is -0.0749. The van der Waals surface area contributed by atoms with Gasteiger partial charge in [-0.05, 0) is 43.1 Å². The van der Waals surface area contributed by atoms with E-state index in [1.54, 1.807) is 0 Å². The number of nitrogens with zero attached hydrogens (tertiary/aromatic N) is 1. The van der Waals surface area contributed by atoms with Crippen LogP contribution in [0.4, 0.5) is 10.8 Å². The number of rotatable bonds is 5. The van der Waals surface area contributed by atoms with E-state index in [-0.39, 0.29) is 5.91 Å². The summed E-state index contributed by atoms with van der Waals surface area (Å²) in [6, 6.07) is 0.778. The van der Waals surface area contributed by atoms with E-state index in [1.807, 2.05) is 0 Å². The molecule has 4 N–H and O–H groups in total. The Morgan fingerprint density at radius 1 is 1.33 bits per heavy atom. The Labute approximate surface area is 129 Å². The van der Waals surface area contributed by atoms with Crippen LogP contribution in [0, 0.1) is 5.92 Å². The standard InChI is InChI=1S/C15H24N4OS/c1-2-9-4-3-5-11(8-9)18-15-12(13(16)19-21-15)14(20)17-10-6-7-10/h9-11,18H,2-8H2,1H3,(H2,16,19)(H,17,20). The maximum Gasteiger partial charge on any atom is 0.258 e. The van der Waals surface area contributed by atoms with Gasteiger partial charge in [-0.2, -0.15) is 4.37 Å². The van der Waals surface area contributed by atoms with Crippen LogP contribution < -0.4 is 16.4 Å². The SMILES string of the molecule is CCC1CCCC(Nc2snc(N)c2C(=O)NC2CC2)C1. The van der Waals surface area contributed by atoms with Crippen molar-refractivity contribution >= 4 is 28.3 Å². The van der Waals surface area contributed by atoms with Crippen molar-refractivity contribution in [2.24, 2.45) is 5.92 Å². The second-order valence-corrected chi connectivity index (χ2v) is 7.08. The van der Waals surface area contributed by atoms with Crippen LogP contribution >= 0.6 is 11.5 Å². The summed E-state index contributed by atoms with van der Waals surface area (Å²) in [5.74, 6) is 1.07. The molecule has 2 fully saturated rings. The lowest BCUT2D eigenvalue weighted by atomic mass is 9.84. The smallest absolute Gasteiger partial charge is 0.258 e. The van der Waals surface area contributed by atoms with E-state index < -0.39 is 0 Å². The predicted octanol–water partition coefficient (Wildman–Crippen LogP) is 3.00. The van der Waals surface area contributed by atoms with Crippen LogP contribution in [0.1, 0.15) is 62.2 Å². The molecule has 1 aromatic heterocycles. The molecule has 2 unspecified atom stereocenters. The van der Waals surface area contributed by atoms with Gasteiger partial charge in [0.2, 0.25) is 0 Å². The Bertz CT molecular complexity index is 512. The van der Waals surface area contributed by atoms with Crippen molar-refractivity contribution in [1.29, 1.82) is 0 Å². The number of carbonyl (C=O) groups excluding carboxylic acids is 1. The molecule has 6 heteroatoms. The van der Waals surface area contributed by atoms with E-state index in [0.717, 1.165) is 30.2 Å². The van der Waals surface area contributed by atoms with Gasteiger partial charge in [-0.1, -0.05) is 26.2 Å². The molecule has 1 aromatic rings. The summed E-state index contributed by atoms with van der Waals surface area (Å²) < 4.78 is 4.17. The van der Waals surface area contributed by atoms with Crippen LogP contribution in [0.25, 0.3) is 0 Å². The van der Waals surface area contributed by atoms with Crippen LogP contribution in [0.5, 0.6) is 0 Å². The van der Waals surface area contributed by atoms with Crippen molar-refractivity contribution < 1.29 is 4.79 Å². The van der Waals surface area contributed by atoms with Crippen molar-refractivity contribution in [3.05, 3.63) is 5.56 Å². The maximum atomic E-state index is 12.3. The molecule has 2 aliphatic carbocycles. The highest BCUT2D eigenvalue weighted by Crippen LogP contribution is 2.33. The summed E-state index contributed by atoms with van der Waals surface area (Å²) >= 11 is 1.31. The zero-order valence-corrected chi connectivity index (χ0v) is 13.3. The number of aromatic nitrogens is 1. The molecule has 0 saturated heterocycles. The Balaban J connectivity index is 1.68. The number of anilines is 2. The van der Waals surface area contributed by atoms with Gasteiger partial charge < -0.3 is 16.4 Å². The average molecular weight is 308 g/mol. The molecule has 116 valence electrons. The average Bonchev–Trinajstić information content (AvgIpc) is 3.22. The van der Waals surface area contributed by atoms with Crippen LogP contribution in [-0.4, -0.2) is 22.4 Å². The molecule has 2 saturated carbocycles. The summed E-state index contributed by atoms with van der Waals surface area (Å²) in [6.45, 7) is 2.26. The van der Waals surface area contributed by atoms with Gasteiger partial charge in [0.05, 0.1) is 0 Å². The van der Waals surface area contributed by atoms with Gasteiger partial charge in [-0.25, -0.2) is 0 Å². The van der Waals surface area contributed by atoms with Crippen LogP contribution in [-0.2, 0) is 0 Å². The fraction of sp³-hybridized carbons (Fsp3) is 0.733. The number of nitrogen functional groups attached to an aromatic ring is 1. The van der Waals surface area contributed by atoms with Gasteiger partial charge in [-0.15, -0.1) is 0 Å². The van der Waals surface area contributed by atoms with E-state index in [0.29, 0.717) is 23.5 Å². The molecule has 21 heavy (non-hydrogen) atoms. The third kappa shape index (κ3) is 3.48. The molecule has 0 bridgehead atoms. The Morgan fingerprint density at radius 3 is 2.86 bits per heavy atom. The quantitative estimate of drug-likeness (QED) is 0.781. The summed E-state index contributed by atoms with van der Waals surface area (Å²) in [4.78, 5) is 12.3. The van der Waals surface area contributed by atoms with Crippen molar-refractivity contribution in [1.82, 2.24) is 9.69 Å². The van der Waals surface area contributed by atoms with E-state index in [2.05, 4.69) is 21.9 Å². The van der Waals surface area contributed by atoms with E-state index in [4.69, 9.17) is 5.73 Å². The van der Waals surface area contributed by atoms with Crippen LogP contribution in [0.15, 0.2) is 0 Å². The van der Waals surface area contributed by atoms with Crippen LogP contribution in [0.2, 0.25) is 0 Å². The number of amides is 1. The van der Waals surface area contributed by atoms with Gasteiger partial charge in [0, 0.05) is 12.1 Å². The molecule has 5 nitrogen and oxygen atoms in total. The molecular weight excluding hydrogens is 284 g/mol. The fourth-order valence-electron chi connectivity index (χ4n) is 3.08. The Kier molecular flexibility index (Phi) is 4.33. The van der Waals surface area contributed by atoms with E-state index >= 15 is 0 Å². The van der Waals surface area contributed by atoms with Crippen LogP contribution in [0.3, 0.4) is 0 Å². The number of hydrogen-bond acceptors (Lipinski definition) is 5. The first-order valence-electron chi connectivity index (χ1n) is 8.00. The molecule has 2 aliphatic rings. The largest absolute Gasteiger partial charge is 0.382 e. The van der Waals surface area contributed by atoms with E-state index in [9.17, 15) is 4.79 Å². The predicted molar refractivity (Wildman–Crippen MR) is 86.7 cm³/mol. The first-order chi connectivity index (χ1) is 10.2. The molecule has 1 amide bonds. The second-order valence-electron chi connectivity index (χ2n) is 6.30. The second kappa shape index (κ2) is 6.22. The third-order valence-corrected chi connectivity index (χ3v) is 5.35. The van der Waals surface area contributed by atoms with Crippen molar-refractivity contribution in [2.45, 2.75) is 64.0 Å². The molecule has 0 radical (unpaired) electrons. The first-order valence-corrected chi connectivity index (χ1v) is 8.77. The molecule has 0 spiro atoms. The maximum absolute atomic E-state index is 12.3. The summed E-state index contributed by atoms with van der Waals surface area (Å²) in [7, 11) is 0. The van der Waals surface area contributed by atoms with Crippen molar-refractivity contribution in [3.8, 4) is 0 Å². The zero-order valence-electron chi connectivity index (χ0n) is 12.5. The molecule has 0 aromatic carbocycles. The van der Waals surface area contributed by atoms with Gasteiger partial charge in [0.1, 0.15) is 10.6 Å². The lowest BCUT2D eigenvalue weighted by molar-refractivity contribution is 0.0953. The van der Waals surface area contributed by atoms with Crippen molar-refractivity contribution in [3.63, 3.8) is 0 Å². The highest BCUT2D eigenvalue weighted by atomic mass is 32.1. The minimum Gasteiger partial charge on any atom is -0.382 e. The summed E-state index contributed by atoms with van der Waals surface area (Å²) in [5, 5.41) is 7.37. The number of nitrogens with two attached hydrogens (primary N) is 1. The number of carbonyl (C=O) groups is 1. The van der Waals surface area contributed by atoms with Gasteiger partial charge in [0.15, 0.2) is 5.82 Å². The first kappa shape index (κ1) is 14.6. The summed E-state index contributed by atoms with van der Waals surface area (Å²) in [5.41, 5.74) is 6.44. The summed E-state index contributed by atoms with van der Waals surface area (Å²) in [6.07, 6.45) is 8.32. The number of nitrogens with one attached hydrogen (secondary N) is 2. The van der Waals surface area contributed by atoms with Crippen molar-refractivity contribution in [2.75, 3.05) is 11.1 Å². The topological polar surface area (TPSA) is 80.0 Å². The monoisotopic (exact) mass is 308 g/mol. The minimum absolute atomic E-state index is 0.0749. The van der Waals surface area contributed by atoms with Gasteiger partial charge >= 0.3 is 0 Å². The zero-order chi connectivity index (χ0) is 14.8. The molecule has 2 atom stereocenters. The third-order valence-electron chi connectivity index (χ3n) is 4.55. The Hall–Kier alpha value is -1.30. The van der Waals surface area contributed by atoms with Gasteiger partial charge in [0.25, 0.3) is 5.91 Å². The fourth-order valence-corrected chi connectivity index (χ4v) is 3.87. The molecule has 0 aliphatic heterocycles.